The number of nitrogens with two attached hydrogens (primary N) is 1. The van der Waals surface area contributed by atoms with Gasteiger partial charge in [0.05, 0.1) is 18.8 Å². The summed E-state index contributed by atoms with van der Waals surface area (Å²) in [5.41, 5.74) is 6.80. The molecule has 1 heterocycles. The van der Waals surface area contributed by atoms with Crippen molar-refractivity contribution in [3.05, 3.63) is 24.0 Å². The molecule has 0 spiro atoms. The second kappa shape index (κ2) is 6.42. The number of aromatic nitrogens is 1. The predicted molar refractivity (Wildman–Crippen MR) is 60.1 cm³/mol. The Morgan fingerprint density at radius 1 is 1.31 bits per heavy atom. The SMILES string of the molecule is CCOc1cncc(C(N)C(OC)OC)c1. The van der Waals surface area contributed by atoms with E-state index < -0.39 is 6.29 Å². The molecule has 0 amide bonds. The van der Waals surface area contributed by atoms with Crippen LogP contribution in [0.25, 0.3) is 0 Å². The summed E-state index contributed by atoms with van der Waals surface area (Å²) < 4.78 is 15.5. The maximum Gasteiger partial charge on any atom is 0.176 e. The second-order valence-electron chi connectivity index (χ2n) is 3.25. The second-order valence-corrected chi connectivity index (χ2v) is 3.25. The van der Waals surface area contributed by atoms with Crippen LogP contribution in [0.4, 0.5) is 0 Å². The topological polar surface area (TPSA) is 66.6 Å². The first kappa shape index (κ1) is 12.9. The molecule has 16 heavy (non-hydrogen) atoms. The van der Waals surface area contributed by atoms with E-state index in [4.69, 9.17) is 19.9 Å². The third kappa shape index (κ3) is 3.16. The van der Waals surface area contributed by atoms with Gasteiger partial charge in [0.2, 0.25) is 0 Å². The number of hydrogen-bond donors (Lipinski definition) is 1. The minimum absolute atomic E-state index is 0.386. The largest absolute Gasteiger partial charge is 0.492 e. The summed E-state index contributed by atoms with van der Waals surface area (Å²) in [6.45, 7) is 2.51. The highest BCUT2D eigenvalue weighted by Gasteiger charge is 2.19. The third-order valence-electron chi connectivity index (χ3n) is 2.19. The van der Waals surface area contributed by atoms with E-state index in [0.717, 1.165) is 5.56 Å². The van der Waals surface area contributed by atoms with Crippen molar-refractivity contribution < 1.29 is 14.2 Å². The first-order valence-electron chi connectivity index (χ1n) is 5.11. The Morgan fingerprint density at radius 2 is 2.00 bits per heavy atom. The summed E-state index contributed by atoms with van der Waals surface area (Å²) in [5, 5.41) is 0. The van der Waals surface area contributed by atoms with Crippen LogP contribution in [0, 0.1) is 0 Å². The Bertz CT molecular complexity index is 316. The van der Waals surface area contributed by atoms with E-state index in [1.165, 1.54) is 0 Å². The fourth-order valence-electron chi connectivity index (χ4n) is 1.41. The number of ether oxygens (including phenoxy) is 3. The number of pyridine rings is 1. The summed E-state index contributed by atoms with van der Waals surface area (Å²) in [6.07, 6.45) is 2.84. The average molecular weight is 226 g/mol. The zero-order valence-electron chi connectivity index (χ0n) is 9.84. The number of nitrogens with zero attached hydrogens (tertiary/aromatic N) is 1. The van der Waals surface area contributed by atoms with Gasteiger partial charge in [-0.15, -0.1) is 0 Å². The van der Waals surface area contributed by atoms with Crippen molar-refractivity contribution in [3.8, 4) is 5.75 Å². The lowest BCUT2D eigenvalue weighted by Gasteiger charge is -2.21. The van der Waals surface area contributed by atoms with Crippen LogP contribution >= 0.6 is 0 Å². The Balaban J connectivity index is 2.81. The highest BCUT2D eigenvalue weighted by molar-refractivity contribution is 5.26. The smallest absolute Gasteiger partial charge is 0.176 e. The van der Waals surface area contributed by atoms with Gasteiger partial charge >= 0.3 is 0 Å². The van der Waals surface area contributed by atoms with Crippen LogP contribution in [-0.4, -0.2) is 32.1 Å². The quantitative estimate of drug-likeness (QED) is 0.736. The van der Waals surface area contributed by atoms with Crippen LogP contribution in [0.15, 0.2) is 18.5 Å². The van der Waals surface area contributed by atoms with Crippen molar-refractivity contribution >= 4 is 0 Å². The molecule has 0 fully saturated rings. The van der Waals surface area contributed by atoms with Crippen molar-refractivity contribution in [3.63, 3.8) is 0 Å². The highest BCUT2D eigenvalue weighted by atomic mass is 16.7. The van der Waals surface area contributed by atoms with Gasteiger partial charge in [0.1, 0.15) is 5.75 Å². The molecule has 1 rings (SSSR count). The molecule has 0 bridgehead atoms. The Hall–Kier alpha value is -1.17. The van der Waals surface area contributed by atoms with Crippen LogP contribution in [0.3, 0.4) is 0 Å². The number of hydrogen-bond acceptors (Lipinski definition) is 5. The van der Waals surface area contributed by atoms with Gasteiger partial charge in [0, 0.05) is 20.4 Å². The summed E-state index contributed by atoms with van der Waals surface area (Å²) in [5.74, 6) is 0.696. The summed E-state index contributed by atoms with van der Waals surface area (Å²) >= 11 is 0. The van der Waals surface area contributed by atoms with Crippen LogP contribution in [0.2, 0.25) is 0 Å². The Morgan fingerprint density at radius 3 is 2.56 bits per heavy atom. The molecule has 1 unspecified atom stereocenters. The van der Waals surface area contributed by atoms with E-state index in [1.807, 2.05) is 13.0 Å². The van der Waals surface area contributed by atoms with E-state index in [2.05, 4.69) is 4.98 Å². The zero-order valence-corrected chi connectivity index (χ0v) is 9.84. The van der Waals surface area contributed by atoms with Gasteiger partial charge in [0.15, 0.2) is 6.29 Å². The fraction of sp³-hybridized carbons (Fsp3) is 0.545. The van der Waals surface area contributed by atoms with Gasteiger partial charge in [0.25, 0.3) is 0 Å². The molecule has 0 aliphatic heterocycles. The van der Waals surface area contributed by atoms with Crippen LogP contribution in [0.5, 0.6) is 5.75 Å². The molecule has 0 radical (unpaired) electrons. The molecule has 1 aromatic heterocycles. The molecular weight excluding hydrogens is 208 g/mol. The Labute approximate surface area is 95.5 Å². The molecule has 2 N–H and O–H groups in total. The molecule has 0 saturated carbocycles. The van der Waals surface area contributed by atoms with Crippen molar-refractivity contribution in [1.82, 2.24) is 4.98 Å². The molecule has 1 atom stereocenters. The minimum Gasteiger partial charge on any atom is -0.492 e. The standard InChI is InChI=1S/C11H18N2O3/c1-4-16-9-5-8(6-13-7-9)10(12)11(14-2)15-3/h5-7,10-11H,4,12H2,1-3H3. The molecule has 0 aliphatic rings. The lowest BCUT2D eigenvalue weighted by Crippen LogP contribution is -2.29. The third-order valence-corrected chi connectivity index (χ3v) is 2.19. The van der Waals surface area contributed by atoms with E-state index >= 15 is 0 Å². The predicted octanol–water partition coefficient (Wildman–Crippen LogP) is 1.10. The van der Waals surface area contributed by atoms with Crippen LogP contribution in [-0.2, 0) is 9.47 Å². The molecule has 0 aromatic carbocycles. The fourth-order valence-corrected chi connectivity index (χ4v) is 1.41. The van der Waals surface area contributed by atoms with Crippen molar-refractivity contribution in [2.75, 3.05) is 20.8 Å². The van der Waals surface area contributed by atoms with E-state index in [9.17, 15) is 0 Å². The van der Waals surface area contributed by atoms with Crippen molar-refractivity contribution in [2.45, 2.75) is 19.3 Å². The first-order valence-corrected chi connectivity index (χ1v) is 5.11. The van der Waals surface area contributed by atoms with Gasteiger partial charge in [-0.1, -0.05) is 0 Å². The Kier molecular flexibility index (Phi) is 5.18. The van der Waals surface area contributed by atoms with Gasteiger partial charge < -0.3 is 19.9 Å². The van der Waals surface area contributed by atoms with Crippen molar-refractivity contribution in [1.29, 1.82) is 0 Å². The molecule has 5 nitrogen and oxygen atoms in total. The number of rotatable bonds is 6. The summed E-state index contributed by atoms with van der Waals surface area (Å²) in [6, 6.07) is 1.45. The maximum atomic E-state index is 5.98. The normalized spacial score (nSPS) is 12.8. The monoisotopic (exact) mass is 226 g/mol. The van der Waals surface area contributed by atoms with Gasteiger partial charge in [-0.2, -0.15) is 0 Å². The molecular formula is C11H18N2O3. The van der Waals surface area contributed by atoms with Crippen LogP contribution in [0.1, 0.15) is 18.5 Å². The van der Waals surface area contributed by atoms with Crippen molar-refractivity contribution in [2.24, 2.45) is 5.73 Å². The van der Waals surface area contributed by atoms with E-state index in [0.29, 0.717) is 12.4 Å². The molecule has 0 aliphatic carbocycles. The minimum atomic E-state index is -0.487. The zero-order chi connectivity index (χ0) is 12.0. The van der Waals surface area contributed by atoms with Gasteiger partial charge in [-0.3, -0.25) is 4.98 Å². The maximum absolute atomic E-state index is 5.98. The van der Waals surface area contributed by atoms with Gasteiger partial charge in [-0.25, -0.2) is 0 Å². The molecule has 1 aromatic rings. The highest BCUT2D eigenvalue weighted by Crippen LogP contribution is 2.20. The van der Waals surface area contributed by atoms with E-state index in [1.54, 1.807) is 26.6 Å². The van der Waals surface area contributed by atoms with E-state index in [-0.39, 0.29) is 6.04 Å². The lowest BCUT2D eigenvalue weighted by atomic mass is 10.1. The lowest BCUT2D eigenvalue weighted by molar-refractivity contribution is -0.117. The number of methoxy groups -OCH3 is 2. The molecule has 5 heteroatoms. The summed E-state index contributed by atoms with van der Waals surface area (Å²) in [7, 11) is 3.10. The molecule has 90 valence electrons. The molecule has 0 saturated heterocycles. The summed E-state index contributed by atoms with van der Waals surface area (Å²) in [4.78, 5) is 4.06. The van der Waals surface area contributed by atoms with Gasteiger partial charge in [-0.05, 0) is 18.6 Å². The first-order chi connectivity index (χ1) is 7.72. The average Bonchev–Trinajstić information content (AvgIpc) is 2.31. The van der Waals surface area contributed by atoms with Crippen LogP contribution < -0.4 is 10.5 Å².